The van der Waals surface area contributed by atoms with E-state index < -0.39 is 30.1 Å². The molecule has 0 aromatic heterocycles. The Morgan fingerprint density at radius 1 is 0.895 bits per heavy atom. The molecule has 1 heterocycles. The van der Waals surface area contributed by atoms with Gasteiger partial charge in [0.1, 0.15) is 18.7 Å². The standard InChI is InChI=1S/C31H34N2O5/c1-22(32-27(30(35)37-2)18-17-23-11-5-3-6-12-23)29(34)33-20-26-16-10-9-15-25(26)19-28(33)31(36)38-21-24-13-7-4-8-14-24/h3-16,22,27-28,32H,17-21H2,1-2H3/t22-,27?,28-/m0/s1. The molecule has 7 nitrogen and oxygen atoms in total. The molecule has 1 N–H and O–H groups in total. The molecule has 1 aliphatic rings. The van der Waals surface area contributed by atoms with E-state index in [4.69, 9.17) is 9.47 Å². The summed E-state index contributed by atoms with van der Waals surface area (Å²) in [6.45, 7) is 2.14. The van der Waals surface area contributed by atoms with Crippen LogP contribution in [-0.4, -0.2) is 48.0 Å². The van der Waals surface area contributed by atoms with E-state index in [1.807, 2.05) is 84.9 Å². The summed E-state index contributed by atoms with van der Waals surface area (Å²) < 4.78 is 10.6. The first-order valence-corrected chi connectivity index (χ1v) is 12.9. The maximum atomic E-state index is 13.7. The normalized spacial score (nSPS) is 16.2. The molecule has 1 amide bonds. The summed E-state index contributed by atoms with van der Waals surface area (Å²) in [6, 6.07) is 25.0. The lowest BCUT2D eigenvalue weighted by Crippen LogP contribution is -2.56. The van der Waals surface area contributed by atoms with Gasteiger partial charge in [0.15, 0.2) is 0 Å². The first-order chi connectivity index (χ1) is 18.5. The van der Waals surface area contributed by atoms with Gasteiger partial charge in [-0.05, 0) is 42.0 Å². The third kappa shape index (κ3) is 6.86. The molecular formula is C31H34N2O5. The highest BCUT2D eigenvalue weighted by Gasteiger charge is 2.38. The van der Waals surface area contributed by atoms with Crippen LogP contribution in [0.15, 0.2) is 84.9 Å². The molecule has 38 heavy (non-hydrogen) atoms. The number of amides is 1. The fraction of sp³-hybridized carbons (Fsp3) is 0.323. The molecular weight excluding hydrogens is 480 g/mol. The van der Waals surface area contributed by atoms with Crippen LogP contribution in [0, 0.1) is 0 Å². The van der Waals surface area contributed by atoms with Crippen molar-refractivity contribution in [3.8, 4) is 0 Å². The van der Waals surface area contributed by atoms with Gasteiger partial charge < -0.3 is 14.4 Å². The third-order valence-electron chi connectivity index (χ3n) is 6.90. The summed E-state index contributed by atoms with van der Waals surface area (Å²) in [6.07, 6.45) is 1.50. The van der Waals surface area contributed by atoms with Crippen molar-refractivity contribution in [1.29, 1.82) is 0 Å². The molecule has 1 unspecified atom stereocenters. The molecule has 7 heteroatoms. The first kappa shape index (κ1) is 27.1. The molecule has 198 valence electrons. The van der Waals surface area contributed by atoms with Crippen LogP contribution < -0.4 is 5.32 Å². The van der Waals surface area contributed by atoms with Gasteiger partial charge in [0.25, 0.3) is 0 Å². The van der Waals surface area contributed by atoms with E-state index >= 15 is 0 Å². The quantitative estimate of drug-likeness (QED) is 0.414. The minimum atomic E-state index is -0.758. The summed E-state index contributed by atoms with van der Waals surface area (Å²) in [5.41, 5.74) is 3.99. The van der Waals surface area contributed by atoms with Gasteiger partial charge in [-0.3, -0.25) is 14.9 Å². The van der Waals surface area contributed by atoms with Gasteiger partial charge in [0.2, 0.25) is 5.91 Å². The Bertz CT molecular complexity index is 1230. The van der Waals surface area contributed by atoms with Crippen molar-refractivity contribution in [2.24, 2.45) is 0 Å². The highest BCUT2D eigenvalue weighted by molar-refractivity contribution is 5.89. The number of benzene rings is 3. The van der Waals surface area contributed by atoms with E-state index in [9.17, 15) is 14.4 Å². The largest absolute Gasteiger partial charge is 0.468 e. The molecule has 1 aliphatic heterocycles. The Labute approximate surface area is 223 Å². The van der Waals surface area contributed by atoms with Crippen LogP contribution in [0.2, 0.25) is 0 Å². The Morgan fingerprint density at radius 3 is 2.16 bits per heavy atom. The number of aryl methyl sites for hydroxylation is 1. The number of hydrogen-bond donors (Lipinski definition) is 1. The van der Waals surface area contributed by atoms with Crippen molar-refractivity contribution in [2.75, 3.05) is 7.11 Å². The van der Waals surface area contributed by atoms with Gasteiger partial charge in [-0.2, -0.15) is 0 Å². The molecule has 3 aromatic carbocycles. The number of esters is 2. The fourth-order valence-electron chi connectivity index (χ4n) is 4.78. The van der Waals surface area contributed by atoms with E-state index in [2.05, 4.69) is 5.32 Å². The number of nitrogens with one attached hydrogen (secondary N) is 1. The fourth-order valence-corrected chi connectivity index (χ4v) is 4.78. The second-order valence-corrected chi connectivity index (χ2v) is 9.54. The van der Waals surface area contributed by atoms with Gasteiger partial charge in [-0.1, -0.05) is 84.9 Å². The van der Waals surface area contributed by atoms with Crippen molar-refractivity contribution >= 4 is 17.8 Å². The maximum Gasteiger partial charge on any atom is 0.329 e. The van der Waals surface area contributed by atoms with Crippen molar-refractivity contribution in [1.82, 2.24) is 10.2 Å². The first-order valence-electron chi connectivity index (χ1n) is 12.9. The van der Waals surface area contributed by atoms with Crippen molar-refractivity contribution in [2.45, 2.75) is 57.5 Å². The predicted molar refractivity (Wildman–Crippen MR) is 144 cm³/mol. The molecule has 0 aliphatic carbocycles. The molecule has 0 bridgehead atoms. The number of methoxy groups -OCH3 is 1. The van der Waals surface area contributed by atoms with E-state index in [1.165, 1.54) is 7.11 Å². The van der Waals surface area contributed by atoms with Crippen LogP contribution in [0.1, 0.15) is 35.6 Å². The Hall–Kier alpha value is -3.97. The molecule has 0 fully saturated rings. The SMILES string of the molecule is COC(=O)C(CCc1ccccc1)N[C@@H](C)C(=O)N1Cc2ccccc2C[C@H]1C(=O)OCc1ccccc1. The molecule has 0 spiro atoms. The zero-order valence-electron chi connectivity index (χ0n) is 21.8. The monoisotopic (exact) mass is 514 g/mol. The Morgan fingerprint density at radius 2 is 1.50 bits per heavy atom. The van der Waals surface area contributed by atoms with Gasteiger partial charge in [0.05, 0.1) is 13.2 Å². The van der Waals surface area contributed by atoms with E-state index in [-0.39, 0.29) is 12.5 Å². The second-order valence-electron chi connectivity index (χ2n) is 9.54. The summed E-state index contributed by atoms with van der Waals surface area (Å²) >= 11 is 0. The second kappa shape index (κ2) is 13.0. The highest BCUT2D eigenvalue weighted by Crippen LogP contribution is 2.25. The van der Waals surface area contributed by atoms with Gasteiger partial charge in [0, 0.05) is 13.0 Å². The minimum Gasteiger partial charge on any atom is -0.468 e. The molecule has 3 atom stereocenters. The number of carbonyl (C=O) groups excluding carboxylic acids is 3. The Balaban J connectivity index is 1.47. The molecule has 0 saturated carbocycles. The zero-order valence-corrected chi connectivity index (χ0v) is 21.8. The number of hydrogen-bond acceptors (Lipinski definition) is 6. The topological polar surface area (TPSA) is 84.9 Å². The van der Waals surface area contributed by atoms with Crippen LogP contribution in [0.4, 0.5) is 0 Å². The average molecular weight is 515 g/mol. The van der Waals surface area contributed by atoms with Gasteiger partial charge >= 0.3 is 11.9 Å². The smallest absolute Gasteiger partial charge is 0.329 e. The van der Waals surface area contributed by atoms with Crippen molar-refractivity contribution in [3.63, 3.8) is 0 Å². The summed E-state index contributed by atoms with van der Waals surface area (Å²) in [4.78, 5) is 41.1. The van der Waals surface area contributed by atoms with Crippen LogP contribution in [0.25, 0.3) is 0 Å². The van der Waals surface area contributed by atoms with E-state index in [1.54, 1.807) is 11.8 Å². The summed E-state index contributed by atoms with van der Waals surface area (Å²) in [5.74, 6) is -1.14. The molecule has 0 radical (unpaired) electrons. The van der Waals surface area contributed by atoms with Gasteiger partial charge in [-0.25, -0.2) is 4.79 Å². The lowest BCUT2D eigenvalue weighted by molar-refractivity contribution is -0.158. The number of fused-ring (bicyclic) bond motifs is 1. The van der Waals surface area contributed by atoms with E-state index in [0.29, 0.717) is 25.8 Å². The van der Waals surface area contributed by atoms with Crippen LogP contribution in [0.5, 0.6) is 0 Å². The average Bonchev–Trinajstić information content (AvgIpc) is 2.97. The maximum absolute atomic E-state index is 13.7. The Kier molecular flexibility index (Phi) is 9.27. The molecule has 4 rings (SSSR count). The third-order valence-corrected chi connectivity index (χ3v) is 6.90. The highest BCUT2D eigenvalue weighted by atomic mass is 16.5. The number of nitrogens with zero attached hydrogens (tertiary/aromatic N) is 1. The zero-order chi connectivity index (χ0) is 26.9. The van der Waals surface area contributed by atoms with Crippen LogP contribution >= 0.6 is 0 Å². The number of rotatable bonds is 10. The molecule has 3 aromatic rings. The van der Waals surface area contributed by atoms with Gasteiger partial charge in [-0.15, -0.1) is 0 Å². The number of carbonyl (C=O) groups is 3. The van der Waals surface area contributed by atoms with Crippen molar-refractivity contribution in [3.05, 3.63) is 107 Å². The van der Waals surface area contributed by atoms with Crippen LogP contribution in [-0.2, 0) is 49.9 Å². The summed E-state index contributed by atoms with van der Waals surface area (Å²) in [7, 11) is 1.34. The number of ether oxygens (including phenoxy) is 2. The summed E-state index contributed by atoms with van der Waals surface area (Å²) in [5, 5.41) is 3.16. The molecule has 0 saturated heterocycles. The lowest BCUT2D eigenvalue weighted by Gasteiger charge is -2.37. The predicted octanol–water partition coefficient (Wildman–Crippen LogP) is 3.84. The minimum absolute atomic E-state index is 0.136. The van der Waals surface area contributed by atoms with Crippen LogP contribution in [0.3, 0.4) is 0 Å². The van der Waals surface area contributed by atoms with E-state index in [0.717, 1.165) is 22.3 Å². The lowest BCUT2D eigenvalue weighted by atomic mass is 9.93. The van der Waals surface area contributed by atoms with Crippen molar-refractivity contribution < 1.29 is 23.9 Å².